The Balaban J connectivity index is 2.06. The fourth-order valence-corrected chi connectivity index (χ4v) is 4.11. The summed E-state index contributed by atoms with van der Waals surface area (Å²) in [5, 5.41) is 13.1. The van der Waals surface area contributed by atoms with Crippen molar-refractivity contribution in [1.29, 1.82) is 0 Å². The highest BCUT2D eigenvalue weighted by Gasteiger charge is 2.23. The number of benzene rings is 1. The average Bonchev–Trinajstić information content (AvgIpc) is 3.05. The smallest absolute Gasteiger partial charge is 0.153 e. The van der Waals surface area contributed by atoms with Crippen LogP contribution in [0, 0.1) is 0 Å². The molecule has 0 bridgehead atoms. The van der Waals surface area contributed by atoms with Gasteiger partial charge in [-0.05, 0) is 46.4 Å². The first-order valence-corrected chi connectivity index (χ1v) is 8.58. The molecule has 0 radical (unpaired) electrons. The maximum Gasteiger partial charge on any atom is 0.153 e. The van der Waals surface area contributed by atoms with E-state index in [1.54, 1.807) is 0 Å². The standard InChI is InChI=1S/C15H17BrN4S/c1-3-8-17-13(14-15(16)18-19-20(14)2)12-9-10-6-4-5-7-11(10)21-12/h4-7,9,13,17H,3,8H2,1-2H3. The van der Waals surface area contributed by atoms with E-state index in [-0.39, 0.29) is 6.04 Å². The molecule has 2 heterocycles. The van der Waals surface area contributed by atoms with Crippen molar-refractivity contribution < 1.29 is 0 Å². The van der Waals surface area contributed by atoms with Gasteiger partial charge in [-0.2, -0.15) is 0 Å². The summed E-state index contributed by atoms with van der Waals surface area (Å²) in [6, 6.07) is 10.8. The van der Waals surface area contributed by atoms with E-state index in [0.717, 1.165) is 23.3 Å². The molecule has 2 aromatic heterocycles. The maximum absolute atomic E-state index is 4.12. The first-order chi connectivity index (χ1) is 10.2. The summed E-state index contributed by atoms with van der Waals surface area (Å²) in [4.78, 5) is 1.29. The number of nitrogens with zero attached hydrogens (tertiary/aromatic N) is 3. The Kier molecular flexibility index (Phi) is 4.37. The molecule has 0 saturated heterocycles. The van der Waals surface area contributed by atoms with E-state index in [1.807, 2.05) is 23.1 Å². The van der Waals surface area contributed by atoms with Gasteiger partial charge in [-0.1, -0.05) is 30.3 Å². The average molecular weight is 365 g/mol. The summed E-state index contributed by atoms with van der Waals surface area (Å²) in [5.41, 5.74) is 1.06. The van der Waals surface area contributed by atoms with Gasteiger partial charge in [0.15, 0.2) is 4.60 Å². The van der Waals surface area contributed by atoms with E-state index in [1.165, 1.54) is 15.0 Å². The fourth-order valence-electron chi connectivity index (χ4n) is 2.41. The topological polar surface area (TPSA) is 42.7 Å². The number of nitrogens with one attached hydrogen (secondary N) is 1. The zero-order chi connectivity index (χ0) is 14.8. The molecule has 0 aliphatic heterocycles. The Morgan fingerprint density at radius 2 is 2.19 bits per heavy atom. The summed E-state index contributed by atoms with van der Waals surface area (Å²) in [6.07, 6.45) is 1.09. The van der Waals surface area contributed by atoms with E-state index in [0.29, 0.717) is 0 Å². The van der Waals surface area contributed by atoms with Crippen LogP contribution in [0.25, 0.3) is 10.1 Å². The van der Waals surface area contributed by atoms with Crippen LogP contribution in [0.4, 0.5) is 0 Å². The summed E-state index contributed by atoms with van der Waals surface area (Å²) < 4.78 is 3.94. The molecule has 0 fully saturated rings. The van der Waals surface area contributed by atoms with Gasteiger partial charge in [-0.3, -0.25) is 0 Å². The largest absolute Gasteiger partial charge is 0.304 e. The number of rotatable bonds is 5. The van der Waals surface area contributed by atoms with Gasteiger partial charge in [0.25, 0.3) is 0 Å². The van der Waals surface area contributed by atoms with Crippen LogP contribution in [0.15, 0.2) is 34.9 Å². The van der Waals surface area contributed by atoms with Crippen LogP contribution in [-0.2, 0) is 7.05 Å². The second-order valence-electron chi connectivity index (χ2n) is 4.96. The fraction of sp³-hybridized carbons (Fsp3) is 0.333. The van der Waals surface area contributed by atoms with Crippen molar-refractivity contribution in [2.75, 3.05) is 6.54 Å². The van der Waals surface area contributed by atoms with E-state index in [9.17, 15) is 0 Å². The number of fused-ring (bicyclic) bond motifs is 1. The first kappa shape index (κ1) is 14.7. The molecular formula is C15H17BrN4S. The van der Waals surface area contributed by atoms with Gasteiger partial charge in [-0.25, -0.2) is 4.68 Å². The number of hydrogen-bond acceptors (Lipinski definition) is 4. The number of aryl methyl sites for hydroxylation is 1. The molecular weight excluding hydrogens is 348 g/mol. The van der Waals surface area contributed by atoms with Gasteiger partial charge in [0.05, 0.1) is 11.7 Å². The van der Waals surface area contributed by atoms with Crippen molar-refractivity contribution in [3.63, 3.8) is 0 Å². The van der Waals surface area contributed by atoms with Crippen molar-refractivity contribution in [3.05, 3.63) is 45.5 Å². The van der Waals surface area contributed by atoms with Gasteiger partial charge >= 0.3 is 0 Å². The molecule has 0 aliphatic carbocycles. The second kappa shape index (κ2) is 6.25. The zero-order valence-corrected chi connectivity index (χ0v) is 14.4. The number of thiophene rings is 1. The van der Waals surface area contributed by atoms with E-state index < -0.39 is 0 Å². The molecule has 1 unspecified atom stereocenters. The lowest BCUT2D eigenvalue weighted by Gasteiger charge is -2.17. The third-order valence-electron chi connectivity index (χ3n) is 3.43. The lowest BCUT2D eigenvalue weighted by Crippen LogP contribution is -2.24. The molecule has 4 nitrogen and oxygen atoms in total. The van der Waals surface area contributed by atoms with Crippen LogP contribution < -0.4 is 5.32 Å². The Labute approximate surface area is 136 Å². The molecule has 0 spiro atoms. The number of halogens is 1. The molecule has 110 valence electrons. The van der Waals surface area contributed by atoms with Gasteiger partial charge < -0.3 is 5.32 Å². The molecule has 21 heavy (non-hydrogen) atoms. The monoisotopic (exact) mass is 364 g/mol. The van der Waals surface area contributed by atoms with Crippen LogP contribution in [-0.4, -0.2) is 21.5 Å². The van der Waals surface area contributed by atoms with Crippen molar-refractivity contribution >= 4 is 37.4 Å². The minimum atomic E-state index is 0.108. The molecule has 3 aromatic rings. The normalized spacial score (nSPS) is 12.9. The number of hydrogen-bond donors (Lipinski definition) is 1. The lowest BCUT2D eigenvalue weighted by atomic mass is 10.1. The summed E-state index contributed by atoms with van der Waals surface area (Å²) >= 11 is 5.34. The molecule has 0 aliphatic rings. The highest BCUT2D eigenvalue weighted by Crippen LogP contribution is 2.34. The predicted octanol–water partition coefficient (Wildman–Crippen LogP) is 3.88. The maximum atomic E-state index is 4.12. The van der Waals surface area contributed by atoms with Crippen LogP contribution in [0.1, 0.15) is 30.0 Å². The Morgan fingerprint density at radius 3 is 2.86 bits per heavy atom. The quantitative estimate of drug-likeness (QED) is 0.746. The molecule has 1 aromatic carbocycles. The highest BCUT2D eigenvalue weighted by atomic mass is 79.9. The summed E-state index contributed by atoms with van der Waals surface area (Å²) in [7, 11) is 1.93. The third-order valence-corrected chi connectivity index (χ3v) is 5.17. The second-order valence-corrected chi connectivity index (χ2v) is 6.83. The minimum Gasteiger partial charge on any atom is -0.304 e. The highest BCUT2D eigenvalue weighted by molar-refractivity contribution is 9.10. The molecule has 3 rings (SSSR count). The molecule has 1 N–H and O–H groups in total. The van der Waals surface area contributed by atoms with Crippen molar-refractivity contribution in [2.24, 2.45) is 7.05 Å². The Hall–Kier alpha value is -1.24. The molecule has 0 saturated carbocycles. The minimum absolute atomic E-state index is 0.108. The molecule has 0 amide bonds. The van der Waals surface area contributed by atoms with Crippen LogP contribution in [0.2, 0.25) is 0 Å². The molecule has 1 atom stereocenters. The third kappa shape index (κ3) is 2.88. The van der Waals surface area contributed by atoms with Crippen molar-refractivity contribution in [3.8, 4) is 0 Å². The Bertz CT molecular complexity index is 697. The van der Waals surface area contributed by atoms with Gasteiger partial charge in [-0.15, -0.1) is 16.4 Å². The van der Waals surface area contributed by atoms with E-state index in [4.69, 9.17) is 0 Å². The van der Waals surface area contributed by atoms with Crippen molar-refractivity contribution in [2.45, 2.75) is 19.4 Å². The van der Waals surface area contributed by atoms with Crippen LogP contribution in [0.3, 0.4) is 0 Å². The number of aromatic nitrogens is 3. The SMILES string of the molecule is CCCNC(c1cc2ccccc2s1)c1c(Br)nnn1C. The lowest BCUT2D eigenvalue weighted by molar-refractivity contribution is 0.555. The van der Waals surface area contributed by atoms with Crippen LogP contribution in [0.5, 0.6) is 0 Å². The van der Waals surface area contributed by atoms with Crippen LogP contribution >= 0.6 is 27.3 Å². The summed E-state index contributed by atoms with van der Waals surface area (Å²) in [5.74, 6) is 0. The van der Waals surface area contributed by atoms with Gasteiger partial charge in [0.2, 0.25) is 0 Å². The Morgan fingerprint density at radius 1 is 1.38 bits per heavy atom. The van der Waals surface area contributed by atoms with Crippen molar-refractivity contribution in [1.82, 2.24) is 20.3 Å². The van der Waals surface area contributed by atoms with E-state index in [2.05, 4.69) is 68.8 Å². The van der Waals surface area contributed by atoms with Gasteiger partial charge in [0.1, 0.15) is 0 Å². The summed E-state index contributed by atoms with van der Waals surface area (Å²) in [6.45, 7) is 3.13. The molecule has 6 heteroatoms. The predicted molar refractivity (Wildman–Crippen MR) is 90.7 cm³/mol. The van der Waals surface area contributed by atoms with E-state index >= 15 is 0 Å². The van der Waals surface area contributed by atoms with Gasteiger partial charge in [0, 0.05) is 16.6 Å². The zero-order valence-electron chi connectivity index (χ0n) is 12.0. The first-order valence-electron chi connectivity index (χ1n) is 6.97.